The number of rotatable bonds is 8. The summed E-state index contributed by atoms with van der Waals surface area (Å²) in [6.45, 7) is 2.05. The molecular formula is C19H23FN2O4S. The van der Waals surface area contributed by atoms with Crippen LogP contribution in [0.4, 0.5) is 4.39 Å². The molecule has 0 aliphatic carbocycles. The summed E-state index contributed by atoms with van der Waals surface area (Å²) in [4.78, 5) is 13.9. The molecule has 1 amide bonds. The maximum atomic E-state index is 13.7. The lowest BCUT2D eigenvalue weighted by Crippen LogP contribution is -2.35. The molecule has 146 valence electrons. The molecule has 0 bridgehead atoms. The highest BCUT2D eigenvalue weighted by Crippen LogP contribution is 2.15. The molecule has 2 aromatic rings. The smallest absolute Gasteiger partial charge is 0.253 e. The second kappa shape index (κ2) is 9.07. The van der Waals surface area contributed by atoms with Crippen LogP contribution in [0.25, 0.3) is 0 Å². The van der Waals surface area contributed by atoms with Gasteiger partial charge in [-0.1, -0.05) is 18.2 Å². The van der Waals surface area contributed by atoms with Crippen molar-refractivity contribution < 1.29 is 22.3 Å². The van der Waals surface area contributed by atoms with Crippen LogP contribution in [0.1, 0.15) is 22.8 Å². The highest BCUT2D eigenvalue weighted by molar-refractivity contribution is 7.89. The Kier molecular flexibility index (Phi) is 7.06. The molecule has 1 N–H and O–H groups in total. The molecule has 0 aliphatic rings. The number of carbonyl (C=O) groups is 1. The second-order valence-corrected chi connectivity index (χ2v) is 7.97. The molecule has 1 atom stereocenters. The van der Waals surface area contributed by atoms with Crippen LogP contribution in [0.3, 0.4) is 0 Å². The van der Waals surface area contributed by atoms with Gasteiger partial charge in [0.2, 0.25) is 10.0 Å². The van der Waals surface area contributed by atoms with Gasteiger partial charge in [-0.05, 0) is 37.3 Å². The Hall–Kier alpha value is -2.29. The van der Waals surface area contributed by atoms with Crippen LogP contribution in [0.5, 0.6) is 0 Å². The lowest BCUT2D eigenvalue weighted by atomic mass is 10.1. The van der Waals surface area contributed by atoms with Crippen molar-refractivity contribution in [3.63, 3.8) is 0 Å². The first-order valence-corrected chi connectivity index (χ1v) is 9.83. The van der Waals surface area contributed by atoms with Gasteiger partial charge in [-0.2, -0.15) is 0 Å². The summed E-state index contributed by atoms with van der Waals surface area (Å²) in [5.41, 5.74) is 0.724. The highest BCUT2D eigenvalue weighted by atomic mass is 32.2. The fourth-order valence-corrected chi connectivity index (χ4v) is 3.80. The Balaban J connectivity index is 2.09. The lowest BCUT2D eigenvalue weighted by Gasteiger charge is -2.18. The number of hydrogen-bond acceptors (Lipinski definition) is 4. The minimum atomic E-state index is -3.70. The van der Waals surface area contributed by atoms with E-state index in [2.05, 4.69) is 4.72 Å². The first-order valence-electron chi connectivity index (χ1n) is 8.35. The van der Waals surface area contributed by atoms with E-state index in [0.29, 0.717) is 11.1 Å². The topological polar surface area (TPSA) is 75.7 Å². The number of nitrogens with zero attached hydrogens (tertiary/aromatic N) is 1. The van der Waals surface area contributed by atoms with Crippen LogP contribution in [-0.4, -0.2) is 46.0 Å². The van der Waals surface area contributed by atoms with Crippen molar-refractivity contribution in [2.24, 2.45) is 0 Å². The van der Waals surface area contributed by atoms with Crippen LogP contribution in [0, 0.1) is 5.82 Å². The van der Waals surface area contributed by atoms with Crippen molar-refractivity contribution in [1.82, 2.24) is 9.62 Å². The number of ether oxygens (including phenoxy) is 1. The van der Waals surface area contributed by atoms with E-state index in [-0.39, 0.29) is 35.8 Å². The number of nitrogens with one attached hydrogen (secondary N) is 1. The lowest BCUT2D eigenvalue weighted by molar-refractivity contribution is 0.0783. The summed E-state index contributed by atoms with van der Waals surface area (Å²) in [5.74, 6) is -0.710. The van der Waals surface area contributed by atoms with E-state index >= 15 is 0 Å². The molecular weight excluding hydrogens is 371 g/mol. The number of halogens is 1. The zero-order valence-electron chi connectivity index (χ0n) is 15.5. The van der Waals surface area contributed by atoms with Gasteiger partial charge in [-0.3, -0.25) is 4.79 Å². The molecule has 0 fully saturated rings. The number of sulfonamides is 1. The fourth-order valence-electron chi connectivity index (χ4n) is 2.57. The Labute approximate surface area is 159 Å². The summed E-state index contributed by atoms with van der Waals surface area (Å²) < 4.78 is 45.8. The summed E-state index contributed by atoms with van der Waals surface area (Å²) in [7, 11) is -0.651. The molecule has 2 aromatic carbocycles. The number of hydrogen-bond donors (Lipinski definition) is 1. The van der Waals surface area contributed by atoms with Gasteiger partial charge in [0, 0.05) is 37.9 Å². The highest BCUT2D eigenvalue weighted by Gasteiger charge is 2.19. The standard InChI is InChI=1S/C19H23FN2O4S/c1-14(13-26-3)21-27(24,25)17-10-8-15(9-11-17)19(23)22(2)12-16-6-4-5-7-18(16)20/h4-11,14,21H,12-13H2,1-3H3/t14-/m1/s1. The second-order valence-electron chi connectivity index (χ2n) is 6.25. The van der Waals surface area contributed by atoms with E-state index in [1.54, 1.807) is 32.2 Å². The predicted molar refractivity (Wildman–Crippen MR) is 100 cm³/mol. The molecule has 0 radical (unpaired) electrons. The zero-order valence-corrected chi connectivity index (χ0v) is 16.3. The molecule has 0 saturated carbocycles. The van der Waals surface area contributed by atoms with Crippen LogP contribution in [0.15, 0.2) is 53.4 Å². The molecule has 0 heterocycles. The molecule has 0 unspecified atom stereocenters. The molecule has 0 aromatic heterocycles. The largest absolute Gasteiger partial charge is 0.383 e. The predicted octanol–water partition coefficient (Wildman–Crippen LogP) is 2.41. The van der Waals surface area contributed by atoms with Gasteiger partial charge in [0.25, 0.3) is 5.91 Å². The Morgan fingerprint density at radius 3 is 2.41 bits per heavy atom. The zero-order chi connectivity index (χ0) is 20.0. The minimum Gasteiger partial charge on any atom is -0.383 e. The van der Waals surface area contributed by atoms with Crippen molar-refractivity contribution in [3.05, 3.63) is 65.5 Å². The van der Waals surface area contributed by atoms with Crippen LogP contribution in [-0.2, 0) is 21.3 Å². The molecule has 0 spiro atoms. The summed E-state index contributed by atoms with van der Waals surface area (Å²) in [5, 5.41) is 0. The maximum Gasteiger partial charge on any atom is 0.253 e. The van der Waals surface area contributed by atoms with Crippen molar-refractivity contribution in [2.75, 3.05) is 20.8 Å². The third kappa shape index (κ3) is 5.59. The fraction of sp³-hybridized carbons (Fsp3) is 0.316. The summed E-state index contributed by atoms with van der Waals surface area (Å²) >= 11 is 0. The van der Waals surface area contributed by atoms with Crippen molar-refractivity contribution in [2.45, 2.75) is 24.4 Å². The third-order valence-corrected chi connectivity index (χ3v) is 5.50. The Morgan fingerprint density at radius 1 is 1.19 bits per heavy atom. The van der Waals surface area contributed by atoms with Gasteiger partial charge < -0.3 is 9.64 Å². The third-order valence-electron chi connectivity index (χ3n) is 3.90. The van der Waals surface area contributed by atoms with Gasteiger partial charge in [-0.15, -0.1) is 0 Å². The summed E-state index contributed by atoms with van der Waals surface area (Å²) in [6, 6.07) is 11.5. The number of methoxy groups -OCH3 is 1. The maximum absolute atomic E-state index is 13.7. The van der Waals surface area contributed by atoms with Gasteiger partial charge >= 0.3 is 0 Å². The number of benzene rings is 2. The van der Waals surface area contributed by atoms with E-state index in [1.807, 2.05) is 0 Å². The Bertz CT molecular complexity index is 885. The first-order chi connectivity index (χ1) is 12.7. The van der Waals surface area contributed by atoms with Crippen molar-refractivity contribution >= 4 is 15.9 Å². The van der Waals surface area contributed by atoms with Gasteiger partial charge in [0.15, 0.2) is 0 Å². The Morgan fingerprint density at radius 2 is 1.81 bits per heavy atom. The quantitative estimate of drug-likeness (QED) is 0.746. The number of amides is 1. The minimum absolute atomic E-state index is 0.0544. The normalized spacial score (nSPS) is 12.6. The molecule has 27 heavy (non-hydrogen) atoms. The molecule has 0 saturated heterocycles. The first kappa shape index (κ1) is 21.0. The van der Waals surface area contributed by atoms with Crippen LogP contribution in [0.2, 0.25) is 0 Å². The van der Waals surface area contributed by atoms with Gasteiger partial charge in [-0.25, -0.2) is 17.5 Å². The average molecular weight is 394 g/mol. The molecule has 0 aliphatic heterocycles. The van der Waals surface area contributed by atoms with Crippen molar-refractivity contribution in [3.8, 4) is 0 Å². The molecule has 8 heteroatoms. The van der Waals surface area contributed by atoms with Crippen molar-refractivity contribution in [1.29, 1.82) is 0 Å². The number of carbonyl (C=O) groups excluding carboxylic acids is 1. The van der Waals surface area contributed by atoms with Gasteiger partial charge in [0.1, 0.15) is 5.82 Å². The van der Waals surface area contributed by atoms with Crippen LogP contribution >= 0.6 is 0 Å². The SMILES string of the molecule is COC[C@@H](C)NS(=O)(=O)c1ccc(C(=O)N(C)Cc2ccccc2F)cc1. The van der Waals surface area contributed by atoms with E-state index in [9.17, 15) is 17.6 Å². The summed E-state index contributed by atoms with van der Waals surface area (Å²) in [6.07, 6.45) is 0. The molecule has 6 nitrogen and oxygen atoms in total. The average Bonchev–Trinajstić information content (AvgIpc) is 2.63. The van der Waals surface area contributed by atoms with Gasteiger partial charge in [0.05, 0.1) is 11.5 Å². The van der Waals surface area contributed by atoms with E-state index in [1.165, 1.54) is 42.3 Å². The van der Waals surface area contributed by atoms with E-state index < -0.39 is 10.0 Å². The van der Waals surface area contributed by atoms with E-state index in [0.717, 1.165) is 0 Å². The molecule has 2 rings (SSSR count). The monoisotopic (exact) mass is 394 g/mol. The van der Waals surface area contributed by atoms with Crippen LogP contribution < -0.4 is 4.72 Å². The van der Waals surface area contributed by atoms with E-state index in [4.69, 9.17) is 4.74 Å².